The molecule has 1 atom stereocenters. The van der Waals surface area contributed by atoms with Crippen LogP contribution in [0.1, 0.15) is 45.7 Å². The molecule has 2 N–H and O–H groups in total. The maximum Gasteiger partial charge on any atom is 0.0297 e. The Labute approximate surface area is 104 Å². The normalized spacial score (nSPS) is 13.4. The van der Waals surface area contributed by atoms with Gasteiger partial charge >= 0.3 is 0 Å². The van der Waals surface area contributed by atoms with Gasteiger partial charge in [0.2, 0.25) is 0 Å². The highest BCUT2D eigenvalue weighted by Crippen LogP contribution is 2.25. The first kappa shape index (κ1) is 13.6. The van der Waals surface area contributed by atoms with E-state index in [1.54, 1.807) is 0 Å². The Bertz CT molecular complexity index is 303. The minimum absolute atomic E-state index is 0.179. The molecule has 0 radical (unpaired) electrons. The summed E-state index contributed by atoms with van der Waals surface area (Å²) in [4.78, 5) is 1.33. The predicted molar refractivity (Wildman–Crippen MR) is 73.8 cm³/mol. The molecule has 0 aromatic heterocycles. The second kappa shape index (κ2) is 6.31. The van der Waals surface area contributed by atoms with E-state index in [4.69, 9.17) is 5.73 Å². The van der Waals surface area contributed by atoms with Gasteiger partial charge in [-0.3, -0.25) is 0 Å². The highest BCUT2D eigenvalue weighted by atomic mass is 32.2. The van der Waals surface area contributed by atoms with E-state index < -0.39 is 0 Å². The molecule has 0 heterocycles. The Morgan fingerprint density at radius 3 is 2.06 bits per heavy atom. The van der Waals surface area contributed by atoms with Crippen LogP contribution in [-0.2, 0) is 0 Å². The molecule has 1 aromatic rings. The van der Waals surface area contributed by atoms with Crippen molar-refractivity contribution in [1.82, 2.24) is 0 Å². The van der Waals surface area contributed by atoms with Crippen molar-refractivity contribution in [2.45, 2.75) is 50.3 Å². The molecular formula is C14H23NS. The molecule has 90 valence electrons. The molecule has 1 nitrogen and oxygen atoms in total. The Balaban J connectivity index is 2.63. The first-order valence-corrected chi connectivity index (χ1v) is 6.89. The highest BCUT2D eigenvalue weighted by Gasteiger charge is 2.08. The van der Waals surface area contributed by atoms with Gasteiger partial charge < -0.3 is 5.73 Å². The lowest BCUT2D eigenvalue weighted by atomic mass is 9.98. The average Bonchev–Trinajstić information content (AvgIpc) is 2.16. The number of rotatable bonds is 5. The van der Waals surface area contributed by atoms with Crippen LogP contribution in [0.2, 0.25) is 0 Å². The summed E-state index contributed by atoms with van der Waals surface area (Å²) in [6.07, 6.45) is 1.05. The zero-order chi connectivity index (χ0) is 12.1. The molecule has 0 bridgehead atoms. The van der Waals surface area contributed by atoms with Gasteiger partial charge in [0.25, 0.3) is 0 Å². The third-order valence-corrected chi connectivity index (χ3v) is 3.42. The lowest BCUT2D eigenvalue weighted by Gasteiger charge is -2.15. The van der Waals surface area contributed by atoms with Crippen molar-refractivity contribution in [3.05, 3.63) is 29.8 Å². The molecule has 0 spiro atoms. The highest BCUT2D eigenvalue weighted by molar-refractivity contribution is 7.99. The van der Waals surface area contributed by atoms with Gasteiger partial charge in [-0.25, -0.2) is 0 Å². The van der Waals surface area contributed by atoms with Crippen molar-refractivity contribution in [1.29, 1.82) is 0 Å². The Morgan fingerprint density at radius 1 is 1.06 bits per heavy atom. The van der Waals surface area contributed by atoms with E-state index in [9.17, 15) is 0 Å². The fraction of sp³-hybridized carbons (Fsp3) is 0.571. The van der Waals surface area contributed by atoms with E-state index in [0.29, 0.717) is 11.2 Å². The van der Waals surface area contributed by atoms with Crippen LogP contribution >= 0.6 is 11.8 Å². The lowest BCUT2D eigenvalue weighted by molar-refractivity contribution is 0.510. The summed E-state index contributed by atoms with van der Waals surface area (Å²) in [5, 5.41) is 0.634. The van der Waals surface area contributed by atoms with Crippen molar-refractivity contribution in [2.75, 3.05) is 0 Å². The summed E-state index contributed by atoms with van der Waals surface area (Å²) in [6.45, 7) is 8.85. The summed E-state index contributed by atoms with van der Waals surface area (Å²) in [5.74, 6) is 0.653. The van der Waals surface area contributed by atoms with Gasteiger partial charge in [-0.2, -0.15) is 0 Å². The van der Waals surface area contributed by atoms with Crippen LogP contribution in [-0.4, -0.2) is 5.25 Å². The number of hydrogen-bond acceptors (Lipinski definition) is 2. The molecule has 0 aliphatic heterocycles. The Hall–Kier alpha value is -0.470. The van der Waals surface area contributed by atoms with Crippen LogP contribution < -0.4 is 5.73 Å². The summed E-state index contributed by atoms with van der Waals surface area (Å²) in [5.41, 5.74) is 7.39. The quantitative estimate of drug-likeness (QED) is 0.775. The molecule has 1 aromatic carbocycles. The largest absolute Gasteiger partial charge is 0.324 e. The van der Waals surface area contributed by atoms with Gasteiger partial charge in [0, 0.05) is 16.2 Å². The summed E-state index contributed by atoms with van der Waals surface area (Å²) < 4.78 is 0. The smallest absolute Gasteiger partial charge is 0.0297 e. The van der Waals surface area contributed by atoms with E-state index in [1.165, 1.54) is 10.5 Å². The first-order valence-electron chi connectivity index (χ1n) is 6.01. The third kappa shape index (κ3) is 4.58. The van der Waals surface area contributed by atoms with E-state index in [-0.39, 0.29) is 6.04 Å². The molecule has 16 heavy (non-hydrogen) atoms. The van der Waals surface area contributed by atoms with E-state index >= 15 is 0 Å². The van der Waals surface area contributed by atoms with Crippen LogP contribution in [0.3, 0.4) is 0 Å². The van der Waals surface area contributed by atoms with Crippen molar-refractivity contribution in [3.8, 4) is 0 Å². The zero-order valence-electron chi connectivity index (χ0n) is 10.7. The van der Waals surface area contributed by atoms with Gasteiger partial charge in [-0.15, -0.1) is 11.8 Å². The van der Waals surface area contributed by atoms with Crippen molar-refractivity contribution < 1.29 is 0 Å². The minimum Gasteiger partial charge on any atom is -0.324 e. The van der Waals surface area contributed by atoms with Gasteiger partial charge in [-0.05, 0) is 30.0 Å². The standard InChI is InChI=1S/C14H23NS/c1-10(2)9-14(15)12-5-7-13(8-6-12)16-11(3)4/h5-8,10-11,14H,9,15H2,1-4H3. The van der Waals surface area contributed by atoms with Crippen molar-refractivity contribution >= 4 is 11.8 Å². The Kier molecular flexibility index (Phi) is 5.36. The predicted octanol–water partition coefficient (Wildman–Crippen LogP) is 4.23. The molecule has 0 amide bonds. The van der Waals surface area contributed by atoms with Crippen LogP contribution in [0.5, 0.6) is 0 Å². The maximum absolute atomic E-state index is 6.14. The van der Waals surface area contributed by atoms with Gasteiger partial charge in [-0.1, -0.05) is 39.8 Å². The fourth-order valence-electron chi connectivity index (χ4n) is 1.71. The minimum atomic E-state index is 0.179. The second-order valence-corrected chi connectivity index (χ2v) is 6.62. The number of hydrogen-bond donors (Lipinski definition) is 1. The molecule has 0 saturated heterocycles. The molecule has 0 saturated carbocycles. The number of thioether (sulfide) groups is 1. The maximum atomic E-state index is 6.14. The first-order chi connectivity index (χ1) is 7.49. The molecule has 1 unspecified atom stereocenters. The van der Waals surface area contributed by atoms with E-state index in [2.05, 4.69) is 52.0 Å². The van der Waals surface area contributed by atoms with E-state index in [0.717, 1.165) is 6.42 Å². The number of benzene rings is 1. The zero-order valence-corrected chi connectivity index (χ0v) is 11.6. The molecule has 0 fully saturated rings. The molecule has 0 aliphatic rings. The second-order valence-electron chi connectivity index (χ2n) is 4.97. The van der Waals surface area contributed by atoms with Gasteiger partial charge in [0.15, 0.2) is 0 Å². The number of nitrogens with two attached hydrogens (primary N) is 1. The monoisotopic (exact) mass is 237 g/mol. The summed E-state index contributed by atoms with van der Waals surface area (Å²) in [6, 6.07) is 8.87. The van der Waals surface area contributed by atoms with Crippen LogP contribution in [0.15, 0.2) is 29.2 Å². The molecular weight excluding hydrogens is 214 g/mol. The van der Waals surface area contributed by atoms with E-state index in [1.807, 2.05) is 11.8 Å². The topological polar surface area (TPSA) is 26.0 Å². The van der Waals surface area contributed by atoms with Crippen molar-refractivity contribution in [3.63, 3.8) is 0 Å². The summed E-state index contributed by atoms with van der Waals surface area (Å²) in [7, 11) is 0. The molecule has 2 heteroatoms. The summed E-state index contributed by atoms with van der Waals surface area (Å²) >= 11 is 1.89. The van der Waals surface area contributed by atoms with Crippen LogP contribution in [0.4, 0.5) is 0 Å². The SMILES string of the molecule is CC(C)CC(N)c1ccc(SC(C)C)cc1. The van der Waals surface area contributed by atoms with Crippen LogP contribution in [0.25, 0.3) is 0 Å². The lowest BCUT2D eigenvalue weighted by Crippen LogP contribution is -2.12. The average molecular weight is 237 g/mol. The van der Waals surface area contributed by atoms with Gasteiger partial charge in [0.1, 0.15) is 0 Å². The molecule has 1 rings (SSSR count). The van der Waals surface area contributed by atoms with Gasteiger partial charge in [0.05, 0.1) is 0 Å². The third-order valence-electron chi connectivity index (χ3n) is 2.41. The van der Waals surface area contributed by atoms with Crippen molar-refractivity contribution in [2.24, 2.45) is 11.7 Å². The van der Waals surface area contributed by atoms with Crippen LogP contribution in [0, 0.1) is 5.92 Å². The Morgan fingerprint density at radius 2 is 1.62 bits per heavy atom. The fourth-order valence-corrected chi connectivity index (χ4v) is 2.55. The molecule has 0 aliphatic carbocycles.